The van der Waals surface area contributed by atoms with Gasteiger partial charge in [0.1, 0.15) is 17.0 Å². The molecule has 6 heteroatoms. The molecule has 164 valence electrons. The van der Waals surface area contributed by atoms with Gasteiger partial charge >= 0.3 is 0 Å². The highest BCUT2D eigenvalue weighted by Crippen LogP contribution is 2.38. The van der Waals surface area contributed by atoms with Crippen molar-refractivity contribution in [1.82, 2.24) is 5.32 Å². The van der Waals surface area contributed by atoms with Crippen LogP contribution in [0.15, 0.2) is 72.8 Å². The summed E-state index contributed by atoms with van der Waals surface area (Å²) in [6, 6.07) is 22.3. The number of fused-ring (bicyclic) bond motifs is 1. The number of carbonyl (C=O) groups is 2. The summed E-state index contributed by atoms with van der Waals surface area (Å²) in [4.78, 5) is 28.8. The lowest BCUT2D eigenvalue weighted by Gasteiger charge is -2.44. The predicted octanol–water partition coefficient (Wildman–Crippen LogP) is 3.98. The fourth-order valence-electron chi connectivity index (χ4n) is 4.15. The molecule has 0 aromatic heterocycles. The van der Waals surface area contributed by atoms with E-state index >= 15 is 0 Å². The third kappa shape index (κ3) is 3.91. The first kappa shape index (κ1) is 21.4. The molecule has 0 bridgehead atoms. The van der Waals surface area contributed by atoms with E-state index in [9.17, 15) is 9.59 Å². The van der Waals surface area contributed by atoms with Crippen LogP contribution in [0, 0.1) is 0 Å². The minimum Gasteiger partial charge on any atom is -0.497 e. The highest BCUT2D eigenvalue weighted by molar-refractivity contribution is 6.14. The molecule has 0 aliphatic carbocycles. The largest absolute Gasteiger partial charge is 0.497 e. The van der Waals surface area contributed by atoms with Crippen molar-refractivity contribution in [3.8, 4) is 11.5 Å². The van der Waals surface area contributed by atoms with Crippen molar-refractivity contribution in [2.24, 2.45) is 0 Å². The van der Waals surface area contributed by atoms with E-state index in [4.69, 9.17) is 9.47 Å². The van der Waals surface area contributed by atoms with Gasteiger partial charge < -0.3 is 14.8 Å². The monoisotopic (exact) mass is 430 g/mol. The number of hydrogen-bond donors (Lipinski definition) is 1. The summed E-state index contributed by atoms with van der Waals surface area (Å²) in [5.41, 5.74) is 1.82. The molecule has 1 heterocycles. The van der Waals surface area contributed by atoms with Crippen LogP contribution in [-0.4, -0.2) is 31.6 Å². The zero-order chi connectivity index (χ0) is 22.7. The van der Waals surface area contributed by atoms with Crippen LogP contribution < -0.4 is 19.7 Å². The molecule has 6 nitrogen and oxygen atoms in total. The van der Waals surface area contributed by atoms with E-state index in [0.29, 0.717) is 35.7 Å². The van der Waals surface area contributed by atoms with Crippen molar-refractivity contribution in [2.75, 3.05) is 19.1 Å². The maximum atomic E-state index is 13.7. The Morgan fingerprint density at radius 2 is 1.59 bits per heavy atom. The summed E-state index contributed by atoms with van der Waals surface area (Å²) in [5.74, 6) is 0.613. The molecule has 3 aromatic rings. The Kier molecular flexibility index (Phi) is 5.86. The zero-order valence-corrected chi connectivity index (χ0v) is 18.4. The van der Waals surface area contributed by atoms with E-state index in [1.807, 2.05) is 48.5 Å². The first-order chi connectivity index (χ1) is 15.5. The molecule has 0 saturated carbocycles. The number of nitrogens with one attached hydrogen (secondary N) is 1. The van der Waals surface area contributed by atoms with E-state index in [1.165, 1.54) is 0 Å². The Balaban J connectivity index is 1.77. The molecule has 2 amide bonds. The fourth-order valence-corrected chi connectivity index (χ4v) is 4.15. The van der Waals surface area contributed by atoms with Crippen molar-refractivity contribution in [3.05, 3.63) is 89.5 Å². The van der Waals surface area contributed by atoms with Gasteiger partial charge in [-0.3, -0.25) is 14.5 Å². The highest BCUT2D eigenvalue weighted by Gasteiger charge is 2.47. The van der Waals surface area contributed by atoms with Crippen molar-refractivity contribution >= 4 is 17.5 Å². The number of methoxy groups -OCH3 is 2. The number of amides is 2. The number of benzene rings is 3. The van der Waals surface area contributed by atoms with Gasteiger partial charge in [-0.15, -0.1) is 0 Å². The molecular weight excluding hydrogens is 404 g/mol. The average molecular weight is 431 g/mol. The standard InChI is InChI=1S/C26H26N2O4/c1-26(25(30)27-17-18-9-5-4-6-10-18)16-19-11-7-8-12-23(19)24(29)28(26)20-13-21(31-2)15-22(14-20)32-3/h4-15H,16-17H2,1-3H3,(H,27,30). The smallest absolute Gasteiger partial charge is 0.259 e. The lowest BCUT2D eigenvalue weighted by atomic mass is 9.82. The van der Waals surface area contributed by atoms with Crippen LogP contribution in [0.5, 0.6) is 11.5 Å². The molecule has 1 unspecified atom stereocenters. The summed E-state index contributed by atoms with van der Waals surface area (Å²) < 4.78 is 10.8. The molecule has 1 N–H and O–H groups in total. The average Bonchev–Trinajstić information content (AvgIpc) is 2.82. The Morgan fingerprint density at radius 1 is 0.969 bits per heavy atom. The quantitative estimate of drug-likeness (QED) is 0.642. The Bertz CT molecular complexity index is 1120. The van der Waals surface area contributed by atoms with Crippen molar-refractivity contribution in [2.45, 2.75) is 25.4 Å². The van der Waals surface area contributed by atoms with Crippen LogP contribution in [0.1, 0.15) is 28.4 Å². The van der Waals surface area contributed by atoms with E-state index in [1.54, 1.807) is 50.3 Å². The second-order valence-corrected chi connectivity index (χ2v) is 7.99. The van der Waals surface area contributed by atoms with Crippen molar-refractivity contribution < 1.29 is 19.1 Å². The van der Waals surface area contributed by atoms with E-state index in [-0.39, 0.29) is 11.8 Å². The molecule has 0 radical (unpaired) electrons. The molecule has 0 saturated heterocycles. The Morgan fingerprint density at radius 3 is 2.25 bits per heavy atom. The van der Waals surface area contributed by atoms with Crippen LogP contribution in [0.4, 0.5) is 5.69 Å². The summed E-state index contributed by atoms with van der Waals surface area (Å²) in [6.45, 7) is 2.17. The molecule has 3 aromatic carbocycles. The number of hydrogen-bond acceptors (Lipinski definition) is 4. The van der Waals surface area contributed by atoms with Gasteiger partial charge in [0.2, 0.25) is 5.91 Å². The zero-order valence-electron chi connectivity index (χ0n) is 18.4. The van der Waals surface area contributed by atoms with Crippen LogP contribution in [0.25, 0.3) is 0 Å². The van der Waals surface area contributed by atoms with Crippen molar-refractivity contribution in [1.29, 1.82) is 0 Å². The summed E-state index contributed by atoms with van der Waals surface area (Å²) in [6.07, 6.45) is 0.384. The van der Waals surface area contributed by atoms with Crippen LogP contribution >= 0.6 is 0 Å². The minimum atomic E-state index is -1.14. The molecule has 0 fully saturated rings. The second kappa shape index (κ2) is 8.75. The van der Waals surface area contributed by atoms with Crippen LogP contribution in [0.3, 0.4) is 0 Å². The summed E-state index contributed by atoms with van der Waals surface area (Å²) in [5, 5.41) is 3.02. The first-order valence-electron chi connectivity index (χ1n) is 10.4. The lowest BCUT2D eigenvalue weighted by Crippen LogP contribution is -2.63. The van der Waals surface area contributed by atoms with Crippen LogP contribution in [-0.2, 0) is 17.8 Å². The predicted molar refractivity (Wildman–Crippen MR) is 123 cm³/mol. The van der Waals surface area contributed by atoms with Gasteiger partial charge in [-0.1, -0.05) is 48.5 Å². The van der Waals surface area contributed by atoms with Gasteiger partial charge in [0.25, 0.3) is 5.91 Å². The summed E-state index contributed by atoms with van der Waals surface area (Å²) >= 11 is 0. The maximum Gasteiger partial charge on any atom is 0.259 e. The normalized spacial score (nSPS) is 17.5. The summed E-state index contributed by atoms with van der Waals surface area (Å²) in [7, 11) is 3.11. The van der Waals surface area contributed by atoms with E-state index in [2.05, 4.69) is 5.32 Å². The van der Waals surface area contributed by atoms with E-state index in [0.717, 1.165) is 11.1 Å². The molecule has 1 atom stereocenters. The van der Waals surface area contributed by atoms with Crippen molar-refractivity contribution in [3.63, 3.8) is 0 Å². The molecule has 32 heavy (non-hydrogen) atoms. The van der Waals surface area contributed by atoms with Gasteiger partial charge in [-0.05, 0) is 24.1 Å². The molecule has 0 spiro atoms. The number of ether oxygens (including phenoxy) is 2. The topological polar surface area (TPSA) is 67.9 Å². The number of nitrogens with zero attached hydrogens (tertiary/aromatic N) is 1. The number of carbonyl (C=O) groups excluding carboxylic acids is 2. The van der Waals surface area contributed by atoms with E-state index < -0.39 is 5.54 Å². The third-order valence-corrected chi connectivity index (χ3v) is 5.86. The second-order valence-electron chi connectivity index (χ2n) is 7.99. The number of anilines is 1. The SMILES string of the molecule is COc1cc(OC)cc(N2C(=O)c3ccccc3CC2(C)C(=O)NCc2ccccc2)c1. The number of rotatable bonds is 6. The highest BCUT2D eigenvalue weighted by atomic mass is 16.5. The first-order valence-corrected chi connectivity index (χ1v) is 10.4. The Hall–Kier alpha value is -3.80. The van der Waals surface area contributed by atoms with Gasteiger partial charge in [-0.25, -0.2) is 0 Å². The van der Waals surface area contributed by atoms with Gasteiger partial charge in [0, 0.05) is 36.7 Å². The molecular formula is C26H26N2O4. The van der Waals surface area contributed by atoms with Gasteiger partial charge in [-0.2, -0.15) is 0 Å². The molecule has 4 rings (SSSR count). The molecule has 1 aliphatic heterocycles. The van der Waals surface area contributed by atoms with Gasteiger partial charge in [0.15, 0.2) is 0 Å². The molecule has 1 aliphatic rings. The minimum absolute atomic E-state index is 0.231. The van der Waals surface area contributed by atoms with Gasteiger partial charge in [0.05, 0.1) is 19.9 Å². The maximum absolute atomic E-state index is 13.7. The lowest BCUT2D eigenvalue weighted by molar-refractivity contribution is -0.126. The third-order valence-electron chi connectivity index (χ3n) is 5.86. The Labute approximate surface area is 187 Å². The van der Waals surface area contributed by atoms with Crippen LogP contribution in [0.2, 0.25) is 0 Å². The fraction of sp³-hybridized carbons (Fsp3) is 0.231.